The summed E-state index contributed by atoms with van der Waals surface area (Å²) in [5, 5.41) is 17.7. The Hall–Kier alpha value is -1.83. The standard InChI is InChI=1S/C17H21BrN4O3/c18-12-8-13-21(9-10-4-2-1-3-5-10)16(24)14(17(25)22(13)20-12)15(23)19-11-6-7-11/h8,10-11,24H,1-7,9H2,(H,19,23). The van der Waals surface area contributed by atoms with Gasteiger partial charge in [-0.2, -0.15) is 9.61 Å². The minimum atomic E-state index is -0.587. The van der Waals surface area contributed by atoms with E-state index in [9.17, 15) is 14.7 Å². The first-order chi connectivity index (χ1) is 12.0. The second kappa shape index (κ2) is 6.48. The number of halogens is 1. The molecule has 0 aliphatic heterocycles. The molecular weight excluding hydrogens is 388 g/mol. The van der Waals surface area contributed by atoms with Crippen molar-refractivity contribution >= 4 is 27.5 Å². The summed E-state index contributed by atoms with van der Waals surface area (Å²) in [7, 11) is 0. The molecule has 0 saturated heterocycles. The Morgan fingerprint density at radius 2 is 2.00 bits per heavy atom. The van der Waals surface area contributed by atoms with Gasteiger partial charge in [0.25, 0.3) is 11.5 Å². The maximum absolute atomic E-state index is 12.7. The molecule has 134 valence electrons. The highest BCUT2D eigenvalue weighted by Gasteiger charge is 2.30. The number of nitrogens with zero attached hydrogens (tertiary/aromatic N) is 3. The van der Waals surface area contributed by atoms with Crippen LogP contribution in [0.5, 0.6) is 5.88 Å². The average molecular weight is 409 g/mol. The van der Waals surface area contributed by atoms with Gasteiger partial charge in [0.1, 0.15) is 10.3 Å². The van der Waals surface area contributed by atoms with Crippen LogP contribution in [0.1, 0.15) is 55.3 Å². The van der Waals surface area contributed by atoms with E-state index in [1.807, 2.05) is 0 Å². The van der Waals surface area contributed by atoms with Crippen molar-refractivity contribution in [3.8, 4) is 5.88 Å². The number of carbonyl (C=O) groups excluding carboxylic acids is 1. The van der Waals surface area contributed by atoms with Crippen LogP contribution in [0.15, 0.2) is 15.5 Å². The Morgan fingerprint density at radius 3 is 2.68 bits per heavy atom. The summed E-state index contributed by atoms with van der Waals surface area (Å²) in [6.45, 7) is 0.581. The van der Waals surface area contributed by atoms with Crippen molar-refractivity contribution in [2.45, 2.75) is 57.5 Å². The van der Waals surface area contributed by atoms with Gasteiger partial charge in [0.2, 0.25) is 5.88 Å². The predicted octanol–water partition coefficient (Wildman–Crippen LogP) is 2.44. The van der Waals surface area contributed by atoms with Crippen LogP contribution >= 0.6 is 15.9 Å². The van der Waals surface area contributed by atoms with Crippen LogP contribution in [0.3, 0.4) is 0 Å². The molecule has 7 nitrogen and oxygen atoms in total. The largest absolute Gasteiger partial charge is 0.494 e. The van der Waals surface area contributed by atoms with E-state index in [-0.39, 0.29) is 17.5 Å². The molecule has 2 saturated carbocycles. The zero-order chi connectivity index (χ0) is 17.6. The van der Waals surface area contributed by atoms with Crippen LogP contribution in [0.25, 0.3) is 5.65 Å². The van der Waals surface area contributed by atoms with Crippen molar-refractivity contribution < 1.29 is 9.90 Å². The Labute approximate surface area is 153 Å². The summed E-state index contributed by atoms with van der Waals surface area (Å²) >= 11 is 3.29. The molecule has 2 aromatic heterocycles. The summed E-state index contributed by atoms with van der Waals surface area (Å²) in [6.07, 6.45) is 7.62. The third-order valence-corrected chi connectivity index (χ3v) is 5.52. The topological polar surface area (TPSA) is 88.6 Å². The van der Waals surface area contributed by atoms with Crippen LogP contribution in [-0.4, -0.2) is 31.2 Å². The van der Waals surface area contributed by atoms with E-state index in [0.29, 0.717) is 22.7 Å². The summed E-state index contributed by atoms with van der Waals surface area (Å²) in [5.41, 5.74) is -0.301. The van der Waals surface area contributed by atoms with Crippen LogP contribution < -0.4 is 10.9 Å². The molecule has 0 unspecified atom stereocenters. The predicted molar refractivity (Wildman–Crippen MR) is 95.9 cm³/mol. The summed E-state index contributed by atoms with van der Waals surface area (Å²) in [4.78, 5) is 25.2. The van der Waals surface area contributed by atoms with E-state index in [1.54, 1.807) is 10.6 Å². The summed E-state index contributed by atoms with van der Waals surface area (Å²) in [6, 6.07) is 1.81. The lowest BCUT2D eigenvalue weighted by atomic mass is 9.89. The van der Waals surface area contributed by atoms with Crippen LogP contribution in [-0.2, 0) is 6.54 Å². The highest BCUT2D eigenvalue weighted by molar-refractivity contribution is 9.10. The van der Waals surface area contributed by atoms with Gasteiger partial charge in [-0.05, 0) is 47.5 Å². The number of aromatic nitrogens is 3. The highest BCUT2D eigenvalue weighted by Crippen LogP contribution is 2.29. The third-order valence-electron chi connectivity index (χ3n) is 5.13. The lowest BCUT2D eigenvalue weighted by molar-refractivity contribution is 0.0944. The number of fused-ring (bicyclic) bond motifs is 1. The number of nitrogens with one attached hydrogen (secondary N) is 1. The molecular formula is C17H21BrN4O3. The van der Waals surface area contributed by atoms with E-state index in [4.69, 9.17) is 0 Å². The van der Waals surface area contributed by atoms with Crippen LogP contribution in [0.4, 0.5) is 0 Å². The Balaban J connectivity index is 1.81. The van der Waals surface area contributed by atoms with Crippen molar-refractivity contribution in [3.63, 3.8) is 0 Å². The normalized spacial score (nSPS) is 18.6. The van der Waals surface area contributed by atoms with Gasteiger partial charge in [-0.15, -0.1) is 0 Å². The number of rotatable bonds is 4. The number of aromatic hydroxyl groups is 1. The molecule has 25 heavy (non-hydrogen) atoms. The fourth-order valence-electron chi connectivity index (χ4n) is 3.62. The fraction of sp³-hybridized carbons (Fsp3) is 0.588. The number of amides is 1. The van der Waals surface area contributed by atoms with Gasteiger partial charge in [-0.25, -0.2) is 0 Å². The van der Waals surface area contributed by atoms with Crippen molar-refractivity contribution in [3.05, 3.63) is 26.6 Å². The molecule has 2 N–H and O–H groups in total. The number of hydrogen-bond donors (Lipinski definition) is 2. The SMILES string of the molecule is O=C(NC1CC1)c1c(O)n(CC2CCCCC2)c2cc(Br)nn2c1=O. The molecule has 2 aromatic rings. The van der Waals surface area contributed by atoms with Gasteiger partial charge >= 0.3 is 0 Å². The Bertz CT molecular complexity index is 878. The first-order valence-corrected chi connectivity index (χ1v) is 9.66. The van der Waals surface area contributed by atoms with Gasteiger partial charge in [-0.3, -0.25) is 14.2 Å². The molecule has 0 atom stereocenters. The first-order valence-electron chi connectivity index (χ1n) is 8.86. The Kier molecular flexibility index (Phi) is 4.31. The van der Waals surface area contributed by atoms with Crippen molar-refractivity contribution in [2.75, 3.05) is 0 Å². The zero-order valence-electron chi connectivity index (χ0n) is 13.9. The summed E-state index contributed by atoms with van der Waals surface area (Å²) < 4.78 is 3.37. The first kappa shape index (κ1) is 16.6. The Morgan fingerprint density at radius 1 is 1.28 bits per heavy atom. The van der Waals surface area contributed by atoms with Crippen LogP contribution in [0, 0.1) is 5.92 Å². The molecule has 0 spiro atoms. The minimum absolute atomic E-state index is 0.109. The quantitative estimate of drug-likeness (QED) is 0.812. The van der Waals surface area contributed by atoms with E-state index < -0.39 is 11.5 Å². The second-order valence-electron chi connectivity index (χ2n) is 7.10. The highest BCUT2D eigenvalue weighted by atomic mass is 79.9. The van der Waals surface area contributed by atoms with Gasteiger partial charge in [0.05, 0.1) is 0 Å². The molecule has 2 aliphatic carbocycles. The molecule has 0 bridgehead atoms. The van der Waals surface area contributed by atoms with Crippen molar-refractivity contribution in [1.82, 2.24) is 19.5 Å². The molecule has 8 heteroatoms. The maximum Gasteiger partial charge on any atom is 0.291 e. The molecule has 2 heterocycles. The molecule has 2 aliphatic rings. The van der Waals surface area contributed by atoms with E-state index >= 15 is 0 Å². The second-order valence-corrected chi connectivity index (χ2v) is 7.92. The molecule has 2 fully saturated rings. The minimum Gasteiger partial charge on any atom is -0.494 e. The number of carbonyl (C=O) groups is 1. The van der Waals surface area contributed by atoms with Gasteiger partial charge in [0, 0.05) is 18.7 Å². The maximum atomic E-state index is 12.7. The molecule has 1 amide bonds. The smallest absolute Gasteiger partial charge is 0.291 e. The fourth-order valence-corrected chi connectivity index (χ4v) is 3.99. The van der Waals surface area contributed by atoms with Crippen molar-refractivity contribution in [2.24, 2.45) is 5.92 Å². The average Bonchev–Trinajstić information content (AvgIpc) is 3.31. The van der Waals surface area contributed by atoms with E-state index in [1.165, 1.54) is 23.8 Å². The van der Waals surface area contributed by atoms with Gasteiger partial charge in [0.15, 0.2) is 5.56 Å². The summed E-state index contributed by atoms with van der Waals surface area (Å²) in [5.74, 6) is -0.344. The monoisotopic (exact) mass is 408 g/mol. The lowest BCUT2D eigenvalue weighted by Crippen LogP contribution is -2.34. The molecule has 4 rings (SSSR count). The van der Waals surface area contributed by atoms with Gasteiger partial charge in [-0.1, -0.05) is 19.3 Å². The molecule has 0 aromatic carbocycles. The number of hydrogen-bond acceptors (Lipinski definition) is 4. The third kappa shape index (κ3) is 3.19. The van der Waals surface area contributed by atoms with Gasteiger partial charge < -0.3 is 10.4 Å². The molecule has 0 radical (unpaired) electrons. The van der Waals surface area contributed by atoms with Crippen molar-refractivity contribution in [1.29, 1.82) is 0 Å². The lowest BCUT2D eigenvalue weighted by Gasteiger charge is -2.24. The van der Waals surface area contributed by atoms with E-state index in [0.717, 1.165) is 25.7 Å². The van der Waals surface area contributed by atoms with Crippen LogP contribution in [0.2, 0.25) is 0 Å². The van der Waals surface area contributed by atoms with E-state index in [2.05, 4.69) is 26.3 Å². The zero-order valence-corrected chi connectivity index (χ0v) is 15.5.